The number of hydrogen-bond acceptors (Lipinski definition) is 5. The third-order valence-corrected chi connectivity index (χ3v) is 7.21. The van der Waals surface area contributed by atoms with Crippen molar-refractivity contribution in [2.75, 3.05) is 13.1 Å². The van der Waals surface area contributed by atoms with Gasteiger partial charge in [0, 0.05) is 13.1 Å². The molecule has 1 aromatic carbocycles. The third-order valence-electron chi connectivity index (χ3n) is 3.52. The van der Waals surface area contributed by atoms with E-state index in [1.807, 2.05) is 4.72 Å². The zero-order valence-corrected chi connectivity index (χ0v) is 14.1. The average molecular weight is 362 g/mol. The Hall–Kier alpha value is -1.49. The molecule has 128 valence electrons. The number of carboxylic acid groups (broad SMARTS) is 1. The van der Waals surface area contributed by atoms with Crippen molar-refractivity contribution >= 4 is 26.0 Å². The fourth-order valence-corrected chi connectivity index (χ4v) is 5.82. The number of carboxylic acids is 1. The summed E-state index contributed by atoms with van der Waals surface area (Å²) in [4.78, 5) is 10.1. The number of rotatable bonds is 6. The lowest BCUT2D eigenvalue weighted by atomic mass is 10.4. The molecule has 1 heterocycles. The first kappa shape index (κ1) is 17.9. The highest BCUT2D eigenvalue weighted by atomic mass is 32.2. The monoisotopic (exact) mass is 362 g/mol. The van der Waals surface area contributed by atoms with Crippen LogP contribution in [0.1, 0.15) is 19.8 Å². The molecule has 2 rings (SSSR count). The molecule has 0 amide bonds. The Balaban J connectivity index is 2.47. The van der Waals surface area contributed by atoms with Gasteiger partial charge in [0.15, 0.2) is 0 Å². The van der Waals surface area contributed by atoms with Gasteiger partial charge in [0.1, 0.15) is 15.8 Å². The van der Waals surface area contributed by atoms with Crippen LogP contribution in [0.4, 0.5) is 0 Å². The molecule has 1 unspecified atom stereocenters. The lowest BCUT2D eigenvalue weighted by molar-refractivity contribution is -0.138. The van der Waals surface area contributed by atoms with E-state index < -0.39 is 37.0 Å². The Morgan fingerprint density at radius 2 is 1.65 bits per heavy atom. The number of aliphatic carboxylic acids is 1. The number of carbonyl (C=O) groups is 1. The van der Waals surface area contributed by atoms with Crippen molar-refractivity contribution in [3.63, 3.8) is 0 Å². The van der Waals surface area contributed by atoms with Gasteiger partial charge in [-0.15, -0.1) is 0 Å². The Bertz CT molecular complexity index is 798. The quantitative estimate of drug-likeness (QED) is 0.747. The lowest BCUT2D eigenvalue weighted by Crippen LogP contribution is -2.39. The first-order valence-electron chi connectivity index (χ1n) is 7.00. The molecule has 0 spiro atoms. The molecule has 10 heteroatoms. The Morgan fingerprint density at radius 3 is 2.17 bits per heavy atom. The van der Waals surface area contributed by atoms with Gasteiger partial charge in [-0.3, -0.25) is 4.79 Å². The summed E-state index contributed by atoms with van der Waals surface area (Å²) in [6, 6.07) is 3.82. The van der Waals surface area contributed by atoms with Crippen molar-refractivity contribution in [2.24, 2.45) is 0 Å². The van der Waals surface area contributed by atoms with E-state index in [9.17, 15) is 21.6 Å². The molecular formula is C13H18N2O6S2. The van der Waals surface area contributed by atoms with Crippen molar-refractivity contribution in [3.05, 3.63) is 24.3 Å². The molecule has 1 atom stereocenters. The normalized spacial score (nSPS) is 18.0. The zero-order chi connectivity index (χ0) is 17.3. The standard InChI is InChI=1S/C13H18N2O6S2/c1-10(13(16)17)14-22(18,19)11-6-2-3-7-12(11)23(20,21)15-8-4-5-9-15/h2-3,6-7,10,14H,4-5,8-9H2,1H3,(H,16,17). The summed E-state index contributed by atoms with van der Waals surface area (Å²) in [6.07, 6.45) is 1.45. The van der Waals surface area contributed by atoms with Gasteiger partial charge in [-0.05, 0) is 31.9 Å². The maximum atomic E-state index is 12.6. The molecule has 23 heavy (non-hydrogen) atoms. The predicted octanol–water partition coefficient (Wildman–Crippen LogP) is 0.223. The van der Waals surface area contributed by atoms with Crippen LogP contribution in [0.5, 0.6) is 0 Å². The summed E-state index contributed by atoms with van der Waals surface area (Å²) in [5.41, 5.74) is 0. The third kappa shape index (κ3) is 3.71. The smallest absolute Gasteiger partial charge is 0.321 e. The minimum atomic E-state index is -4.28. The van der Waals surface area contributed by atoms with Crippen molar-refractivity contribution in [1.29, 1.82) is 0 Å². The van der Waals surface area contributed by atoms with Crippen LogP contribution in [0.3, 0.4) is 0 Å². The van der Waals surface area contributed by atoms with Crippen LogP contribution in [0.25, 0.3) is 0 Å². The van der Waals surface area contributed by atoms with Crippen molar-refractivity contribution in [3.8, 4) is 0 Å². The molecular weight excluding hydrogens is 344 g/mol. The molecule has 0 aliphatic carbocycles. The van der Waals surface area contributed by atoms with E-state index in [0.717, 1.165) is 25.8 Å². The van der Waals surface area contributed by atoms with Gasteiger partial charge in [0.25, 0.3) is 0 Å². The van der Waals surface area contributed by atoms with Gasteiger partial charge in [0.2, 0.25) is 20.0 Å². The molecule has 0 saturated carbocycles. The van der Waals surface area contributed by atoms with Crippen molar-refractivity contribution < 1.29 is 26.7 Å². The largest absolute Gasteiger partial charge is 0.480 e. The second-order valence-corrected chi connectivity index (χ2v) is 8.83. The fraction of sp³-hybridized carbons (Fsp3) is 0.462. The predicted molar refractivity (Wildman–Crippen MR) is 81.9 cm³/mol. The molecule has 0 aromatic heterocycles. The maximum Gasteiger partial charge on any atom is 0.321 e. The molecule has 0 radical (unpaired) electrons. The van der Waals surface area contributed by atoms with Crippen molar-refractivity contribution in [2.45, 2.75) is 35.6 Å². The Labute approximate surface area is 135 Å². The summed E-state index contributed by atoms with van der Waals surface area (Å²) >= 11 is 0. The molecule has 1 aromatic rings. The minimum absolute atomic E-state index is 0.341. The zero-order valence-electron chi connectivity index (χ0n) is 12.5. The van der Waals surface area contributed by atoms with E-state index in [-0.39, 0.29) is 4.90 Å². The van der Waals surface area contributed by atoms with Gasteiger partial charge < -0.3 is 5.11 Å². The number of nitrogens with zero attached hydrogens (tertiary/aromatic N) is 1. The minimum Gasteiger partial charge on any atom is -0.480 e. The summed E-state index contributed by atoms with van der Waals surface area (Å²) < 4.78 is 53.2. The molecule has 1 saturated heterocycles. The van der Waals surface area contributed by atoms with Crippen LogP contribution in [-0.2, 0) is 24.8 Å². The van der Waals surface area contributed by atoms with E-state index in [1.54, 1.807) is 0 Å². The number of hydrogen-bond donors (Lipinski definition) is 2. The molecule has 0 bridgehead atoms. The molecule has 1 aliphatic rings. The Morgan fingerprint density at radius 1 is 1.13 bits per heavy atom. The lowest BCUT2D eigenvalue weighted by Gasteiger charge is -2.19. The number of nitrogens with one attached hydrogen (secondary N) is 1. The molecule has 1 aliphatic heterocycles. The summed E-state index contributed by atoms with van der Waals surface area (Å²) in [7, 11) is -8.23. The molecule has 2 N–H and O–H groups in total. The van der Waals surface area contributed by atoms with Gasteiger partial charge in [-0.1, -0.05) is 12.1 Å². The van der Waals surface area contributed by atoms with Crippen LogP contribution in [0, 0.1) is 0 Å². The van der Waals surface area contributed by atoms with Crippen LogP contribution >= 0.6 is 0 Å². The summed E-state index contributed by atoms with van der Waals surface area (Å²) in [5, 5.41) is 8.84. The molecule has 1 fully saturated rings. The van der Waals surface area contributed by atoms with Crippen LogP contribution in [-0.4, -0.2) is 51.3 Å². The average Bonchev–Trinajstić information content (AvgIpc) is 3.01. The first-order chi connectivity index (χ1) is 10.7. The second-order valence-electron chi connectivity index (χ2n) is 5.24. The summed E-state index contributed by atoms with van der Waals surface area (Å²) in [5.74, 6) is -1.35. The van der Waals surface area contributed by atoms with Crippen LogP contribution < -0.4 is 4.72 Å². The van der Waals surface area contributed by atoms with Gasteiger partial charge >= 0.3 is 5.97 Å². The summed E-state index contributed by atoms with van der Waals surface area (Å²) in [6.45, 7) is 1.85. The number of benzene rings is 1. The molecule has 8 nitrogen and oxygen atoms in total. The van der Waals surface area contributed by atoms with Gasteiger partial charge in [-0.25, -0.2) is 16.8 Å². The van der Waals surface area contributed by atoms with Gasteiger partial charge in [-0.2, -0.15) is 9.03 Å². The first-order valence-corrected chi connectivity index (χ1v) is 9.93. The highest BCUT2D eigenvalue weighted by molar-refractivity contribution is 7.92. The van der Waals surface area contributed by atoms with E-state index in [4.69, 9.17) is 5.11 Å². The second kappa shape index (κ2) is 6.56. The van der Waals surface area contributed by atoms with Crippen LogP contribution in [0.2, 0.25) is 0 Å². The highest BCUT2D eigenvalue weighted by Crippen LogP contribution is 2.26. The van der Waals surface area contributed by atoms with Crippen molar-refractivity contribution in [1.82, 2.24) is 9.03 Å². The maximum absolute atomic E-state index is 12.6. The topological polar surface area (TPSA) is 121 Å². The van der Waals surface area contributed by atoms with E-state index in [2.05, 4.69) is 0 Å². The van der Waals surface area contributed by atoms with E-state index >= 15 is 0 Å². The fourth-order valence-electron chi connectivity index (χ4n) is 2.30. The number of sulfonamides is 2. The highest BCUT2D eigenvalue weighted by Gasteiger charge is 2.33. The Kier molecular flexibility index (Phi) is 5.09. The SMILES string of the molecule is CC(NS(=O)(=O)c1ccccc1S(=O)(=O)N1CCCC1)C(=O)O. The van der Waals surface area contributed by atoms with E-state index in [0.29, 0.717) is 13.1 Å². The van der Waals surface area contributed by atoms with Crippen LogP contribution in [0.15, 0.2) is 34.1 Å². The van der Waals surface area contributed by atoms with Gasteiger partial charge in [0.05, 0.1) is 0 Å². The van der Waals surface area contributed by atoms with E-state index in [1.165, 1.54) is 22.5 Å².